The highest BCUT2D eigenvalue weighted by molar-refractivity contribution is 14.0. The minimum absolute atomic E-state index is 0. The van der Waals surface area contributed by atoms with Crippen molar-refractivity contribution in [3.8, 4) is 0 Å². The summed E-state index contributed by atoms with van der Waals surface area (Å²) < 4.78 is 19.3. The van der Waals surface area contributed by atoms with Gasteiger partial charge in [0.15, 0.2) is 5.96 Å². The van der Waals surface area contributed by atoms with Gasteiger partial charge in [-0.15, -0.1) is 24.0 Å². The van der Waals surface area contributed by atoms with Gasteiger partial charge in [-0.25, -0.2) is 4.39 Å². The highest BCUT2D eigenvalue weighted by Crippen LogP contribution is 2.21. The van der Waals surface area contributed by atoms with Crippen molar-refractivity contribution in [2.45, 2.75) is 25.3 Å². The van der Waals surface area contributed by atoms with Crippen molar-refractivity contribution >= 4 is 46.6 Å². The van der Waals surface area contributed by atoms with Crippen molar-refractivity contribution < 1.29 is 8.81 Å². The van der Waals surface area contributed by atoms with Gasteiger partial charge < -0.3 is 20.0 Å². The molecule has 4 rings (SSSR count). The first-order chi connectivity index (χ1) is 14.2. The molecule has 0 aliphatic carbocycles. The number of furan rings is 1. The molecule has 1 aromatic heterocycles. The molecule has 1 aliphatic heterocycles. The molecule has 2 heterocycles. The SMILES string of the molecule is CN=C(NCCc1cc2ccccc2o1)NC1CCN(c2cccc(F)c2)CC1.I. The van der Waals surface area contributed by atoms with Crippen LogP contribution in [0.2, 0.25) is 0 Å². The fourth-order valence-corrected chi connectivity index (χ4v) is 3.81. The van der Waals surface area contributed by atoms with Crippen LogP contribution in [0.25, 0.3) is 11.0 Å². The summed E-state index contributed by atoms with van der Waals surface area (Å²) in [5.41, 5.74) is 1.88. The summed E-state index contributed by atoms with van der Waals surface area (Å²) >= 11 is 0. The van der Waals surface area contributed by atoms with Gasteiger partial charge in [0, 0.05) is 50.2 Å². The first-order valence-electron chi connectivity index (χ1n) is 10.2. The Bertz CT molecular complexity index is 949. The van der Waals surface area contributed by atoms with E-state index in [9.17, 15) is 4.39 Å². The maximum Gasteiger partial charge on any atom is 0.191 e. The minimum atomic E-state index is -0.184. The van der Waals surface area contributed by atoms with E-state index in [2.05, 4.69) is 32.7 Å². The standard InChI is InChI=1S/C23H27FN4O.HI/c1-25-23(26-12-9-21-15-17-5-2-3-8-22(17)29-21)27-19-10-13-28(14-11-19)20-7-4-6-18(24)16-20;/h2-8,15-16,19H,9-14H2,1H3,(H2,25,26,27);1H. The molecule has 0 radical (unpaired) electrons. The summed E-state index contributed by atoms with van der Waals surface area (Å²) in [6, 6.07) is 17.3. The zero-order valence-corrected chi connectivity index (χ0v) is 19.4. The zero-order chi connectivity index (χ0) is 20.1. The van der Waals surface area contributed by atoms with Crippen molar-refractivity contribution in [2.24, 2.45) is 4.99 Å². The van der Waals surface area contributed by atoms with Crippen LogP contribution in [0.3, 0.4) is 0 Å². The van der Waals surface area contributed by atoms with Gasteiger partial charge in [-0.3, -0.25) is 4.99 Å². The van der Waals surface area contributed by atoms with Crippen LogP contribution in [0.4, 0.5) is 10.1 Å². The van der Waals surface area contributed by atoms with Crippen molar-refractivity contribution in [2.75, 3.05) is 31.6 Å². The van der Waals surface area contributed by atoms with Gasteiger partial charge in [-0.2, -0.15) is 0 Å². The van der Waals surface area contributed by atoms with Crippen LogP contribution in [0.5, 0.6) is 0 Å². The number of anilines is 1. The van der Waals surface area contributed by atoms with Crippen molar-refractivity contribution in [3.63, 3.8) is 0 Å². The average Bonchev–Trinajstić information content (AvgIpc) is 3.16. The lowest BCUT2D eigenvalue weighted by atomic mass is 10.0. The third-order valence-corrected chi connectivity index (χ3v) is 5.37. The van der Waals surface area contributed by atoms with E-state index < -0.39 is 0 Å². The molecule has 1 aliphatic rings. The highest BCUT2D eigenvalue weighted by Gasteiger charge is 2.20. The lowest BCUT2D eigenvalue weighted by molar-refractivity contribution is 0.460. The monoisotopic (exact) mass is 522 g/mol. The third-order valence-electron chi connectivity index (χ3n) is 5.37. The Labute approximate surface area is 193 Å². The van der Waals surface area contributed by atoms with Crippen LogP contribution in [0.15, 0.2) is 64.0 Å². The molecule has 2 N–H and O–H groups in total. The Kier molecular flexibility index (Phi) is 7.95. The number of nitrogens with one attached hydrogen (secondary N) is 2. The predicted octanol–water partition coefficient (Wildman–Crippen LogP) is 4.57. The Morgan fingerprint density at radius 2 is 1.93 bits per heavy atom. The second-order valence-electron chi connectivity index (χ2n) is 7.39. The summed E-state index contributed by atoms with van der Waals surface area (Å²) in [6.07, 6.45) is 2.77. The number of hydrogen-bond donors (Lipinski definition) is 2. The van der Waals surface area contributed by atoms with Crippen molar-refractivity contribution in [1.29, 1.82) is 0 Å². The van der Waals surface area contributed by atoms with Crippen LogP contribution >= 0.6 is 24.0 Å². The maximum absolute atomic E-state index is 13.4. The fourth-order valence-electron chi connectivity index (χ4n) is 3.81. The van der Waals surface area contributed by atoms with Gasteiger partial charge in [-0.05, 0) is 43.2 Å². The molecule has 160 valence electrons. The van der Waals surface area contributed by atoms with E-state index in [4.69, 9.17) is 4.42 Å². The number of para-hydroxylation sites is 1. The molecule has 0 bridgehead atoms. The summed E-state index contributed by atoms with van der Waals surface area (Å²) in [7, 11) is 1.79. The number of piperidine rings is 1. The number of guanidine groups is 1. The Balaban J connectivity index is 0.00000256. The molecule has 5 nitrogen and oxygen atoms in total. The summed E-state index contributed by atoms with van der Waals surface area (Å²) in [4.78, 5) is 6.58. The highest BCUT2D eigenvalue weighted by atomic mass is 127. The first-order valence-corrected chi connectivity index (χ1v) is 10.2. The van der Waals surface area contributed by atoms with E-state index in [1.165, 1.54) is 6.07 Å². The van der Waals surface area contributed by atoms with Crippen LogP contribution in [-0.2, 0) is 6.42 Å². The molecule has 7 heteroatoms. The van der Waals surface area contributed by atoms with E-state index >= 15 is 0 Å². The van der Waals surface area contributed by atoms with Crippen molar-refractivity contribution in [3.05, 3.63) is 66.2 Å². The molecule has 0 unspecified atom stereocenters. The molecule has 30 heavy (non-hydrogen) atoms. The van der Waals surface area contributed by atoms with Crippen LogP contribution < -0.4 is 15.5 Å². The van der Waals surface area contributed by atoms with Crippen LogP contribution in [-0.4, -0.2) is 38.7 Å². The normalized spacial score (nSPS) is 15.1. The molecule has 1 saturated heterocycles. The second kappa shape index (κ2) is 10.7. The van der Waals surface area contributed by atoms with E-state index in [1.807, 2.05) is 24.3 Å². The largest absolute Gasteiger partial charge is 0.461 e. The molecule has 2 aromatic carbocycles. The van der Waals surface area contributed by atoms with E-state index in [1.54, 1.807) is 19.2 Å². The summed E-state index contributed by atoms with van der Waals surface area (Å²) in [5, 5.41) is 8.02. The third kappa shape index (κ3) is 5.65. The molecular formula is C23H28FIN4O. The van der Waals surface area contributed by atoms with Gasteiger partial charge in [0.2, 0.25) is 0 Å². The van der Waals surface area contributed by atoms with E-state index in [-0.39, 0.29) is 29.8 Å². The van der Waals surface area contributed by atoms with Gasteiger partial charge in [0.05, 0.1) is 0 Å². The Hall–Kier alpha value is -2.29. The molecule has 0 atom stereocenters. The topological polar surface area (TPSA) is 52.8 Å². The summed E-state index contributed by atoms with van der Waals surface area (Å²) in [6.45, 7) is 2.55. The first kappa shape index (κ1) is 22.4. The van der Waals surface area contributed by atoms with Crippen LogP contribution in [0, 0.1) is 5.82 Å². The number of fused-ring (bicyclic) bond motifs is 1. The molecule has 0 spiro atoms. The second-order valence-corrected chi connectivity index (χ2v) is 7.39. The van der Waals surface area contributed by atoms with Gasteiger partial charge in [-0.1, -0.05) is 24.3 Å². The number of hydrogen-bond acceptors (Lipinski definition) is 3. The Morgan fingerprint density at radius 3 is 2.67 bits per heavy atom. The number of aliphatic imine (C=N–C) groups is 1. The van der Waals surface area contributed by atoms with Gasteiger partial charge in [0.25, 0.3) is 0 Å². The summed E-state index contributed by atoms with van der Waals surface area (Å²) in [5.74, 6) is 1.60. The average molecular weight is 522 g/mol. The van der Waals surface area contributed by atoms with Gasteiger partial charge in [0.1, 0.15) is 17.2 Å². The molecular weight excluding hydrogens is 494 g/mol. The molecule has 0 saturated carbocycles. The molecule has 3 aromatic rings. The Morgan fingerprint density at radius 1 is 1.13 bits per heavy atom. The van der Waals surface area contributed by atoms with Gasteiger partial charge >= 0.3 is 0 Å². The molecule has 0 amide bonds. The van der Waals surface area contributed by atoms with Crippen molar-refractivity contribution in [1.82, 2.24) is 10.6 Å². The fraction of sp³-hybridized carbons (Fsp3) is 0.348. The van der Waals surface area contributed by atoms with E-state index in [0.717, 1.165) is 67.3 Å². The van der Waals surface area contributed by atoms with Crippen LogP contribution in [0.1, 0.15) is 18.6 Å². The smallest absolute Gasteiger partial charge is 0.191 e. The lowest BCUT2D eigenvalue weighted by Crippen LogP contribution is -2.49. The minimum Gasteiger partial charge on any atom is -0.461 e. The molecule has 1 fully saturated rings. The van der Waals surface area contributed by atoms with E-state index in [0.29, 0.717) is 6.04 Å². The maximum atomic E-state index is 13.4. The number of rotatable bonds is 5. The number of benzene rings is 2. The predicted molar refractivity (Wildman–Crippen MR) is 131 cm³/mol. The lowest BCUT2D eigenvalue weighted by Gasteiger charge is -2.34. The quantitative estimate of drug-likeness (QED) is 0.293. The number of halogens is 2. The number of nitrogens with zero attached hydrogens (tertiary/aromatic N) is 2. The zero-order valence-electron chi connectivity index (χ0n) is 17.1.